The van der Waals surface area contributed by atoms with Crippen LogP contribution in [-0.2, 0) is 10.0 Å². The van der Waals surface area contributed by atoms with E-state index in [1.165, 1.54) is 41.2 Å². The van der Waals surface area contributed by atoms with Crippen molar-refractivity contribution in [2.45, 2.75) is 62.3 Å². The molecule has 226 valence electrons. The summed E-state index contributed by atoms with van der Waals surface area (Å²) in [6, 6.07) is 8.61. The minimum absolute atomic E-state index is 0.0508. The molecule has 42 heavy (non-hydrogen) atoms. The number of anilines is 1. The van der Waals surface area contributed by atoms with Crippen molar-refractivity contribution in [2.24, 2.45) is 5.41 Å². The minimum atomic E-state index is -4.34. The van der Waals surface area contributed by atoms with Crippen molar-refractivity contribution in [3.8, 4) is 11.7 Å². The van der Waals surface area contributed by atoms with E-state index in [2.05, 4.69) is 39.5 Å². The minimum Gasteiger partial charge on any atom is -0.477 e. The fourth-order valence-electron chi connectivity index (χ4n) is 4.76. The van der Waals surface area contributed by atoms with Gasteiger partial charge < -0.3 is 15.4 Å². The summed E-state index contributed by atoms with van der Waals surface area (Å²) in [4.78, 5) is 21.1. The first-order valence-electron chi connectivity index (χ1n) is 13.1. The van der Waals surface area contributed by atoms with Gasteiger partial charge in [0.2, 0.25) is 5.88 Å². The molecule has 16 heteroatoms. The zero-order chi connectivity index (χ0) is 30.3. The SMILES string of the molecule is CC1(C)CC(Nc2cccc(S(=O)(=O)NC(=O)c3ccc(-n4ccc(OCCC5(C(F)(F)F)CC5)n4)nc3Cl)n2)CN1. The Morgan fingerprint density at radius 3 is 2.60 bits per heavy atom. The Hall–Kier alpha value is -3.43. The van der Waals surface area contributed by atoms with Crippen molar-refractivity contribution in [1.29, 1.82) is 0 Å². The number of pyridine rings is 2. The Bertz CT molecular complexity index is 1590. The number of aromatic nitrogens is 4. The van der Waals surface area contributed by atoms with Gasteiger partial charge in [0.05, 0.1) is 17.6 Å². The van der Waals surface area contributed by atoms with Crippen LogP contribution >= 0.6 is 11.6 Å². The fourth-order valence-corrected chi connectivity index (χ4v) is 5.93. The van der Waals surface area contributed by atoms with Crippen molar-refractivity contribution in [3.05, 3.63) is 53.3 Å². The fraction of sp³-hybridized carbons (Fsp3) is 0.462. The third kappa shape index (κ3) is 6.63. The Morgan fingerprint density at radius 2 is 1.95 bits per heavy atom. The topological polar surface area (TPSA) is 140 Å². The number of hydrogen-bond acceptors (Lipinski definition) is 9. The summed E-state index contributed by atoms with van der Waals surface area (Å²) < 4.78 is 73.7. The number of rotatable bonds is 10. The highest BCUT2D eigenvalue weighted by molar-refractivity contribution is 7.90. The Balaban J connectivity index is 1.21. The van der Waals surface area contributed by atoms with E-state index in [1.807, 2.05) is 4.72 Å². The quantitative estimate of drug-likeness (QED) is 0.283. The van der Waals surface area contributed by atoms with E-state index in [1.54, 1.807) is 6.07 Å². The van der Waals surface area contributed by atoms with Crippen molar-refractivity contribution < 1.29 is 31.1 Å². The summed E-state index contributed by atoms with van der Waals surface area (Å²) in [7, 11) is -4.34. The van der Waals surface area contributed by atoms with Gasteiger partial charge in [-0.05, 0) is 63.8 Å². The maximum Gasteiger partial charge on any atom is 0.394 e. The molecule has 11 nitrogen and oxygen atoms in total. The van der Waals surface area contributed by atoms with Crippen LogP contribution < -0.4 is 20.1 Å². The Morgan fingerprint density at radius 1 is 1.19 bits per heavy atom. The summed E-state index contributed by atoms with van der Waals surface area (Å²) in [6.45, 7) is 4.68. The third-order valence-corrected chi connectivity index (χ3v) is 8.85. The molecule has 3 aromatic heterocycles. The van der Waals surface area contributed by atoms with Crippen LogP contribution in [0.15, 0.2) is 47.6 Å². The summed E-state index contributed by atoms with van der Waals surface area (Å²) in [5.41, 5.74) is -1.93. The number of carbonyl (C=O) groups excluding carboxylic acids is 1. The molecule has 0 bridgehead atoms. The van der Waals surface area contributed by atoms with Crippen LogP contribution in [0.5, 0.6) is 5.88 Å². The van der Waals surface area contributed by atoms with E-state index in [0.29, 0.717) is 12.4 Å². The molecule has 0 spiro atoms. The van der Waals surface area contributed by atoms with Crippen molar-refractivity contribution in [1.82, 2.24) is 29.8 Å². The molecule has 1 saturated carbocycles. The third-order valence-electron chi connectivity index (χ3n) is 7.33. The molecule has 2 fully saturated rings. The Kier molecular flexibility index (Phi) is 7.87. The predicted octanol–water partition coefficient (Wildman–Crippen LogP) is 4.10. The zero-order valence-electron chi connectivity index (χ0n) is 22.7. The average molecular weight is 628 g/mol. The van der Waals surface area contributed by atoms with E-state index in [9.17, 15) is 26.4 Å². The predicted molar refractivity (Wildman–Crippen MR) is 147 cm³/mol. The molecule has 1 aliphatic carbocycles. The van der Waals surface area contributed by atoms with Crippen LogP contribution in [-0.4, -0.2) is 65.0 Å². The van der Waals surface area contributed by atoms with Crippen molar-refractivity contribution in [3.63, 3.8) is 0 Å². The number of ether oxygens (including phenoxy) is 1. The molecular formula is C26H29ClF3N7O4S. The van der Waals surface area contributed by atoms with Gasteiger partial charge in [-0.1, -0.05) is 17.7 Å². The second-order valence-corrected chi connectivity index (χ2v) is 13.1. The molecule has 1 aliphatic heterocycles. The number of amides is 1. The van der Waals surface area contributed by atoms with E-state index in [-0.39, 0.29) is 64.9 Å². The van der Waals surface area contributed by atoms with E-state index in [0.717, 1.165) is 6.42 Å². The lowest BCUT2D eigenvalue weighted by molar-refractivity contribution is -0.190. The highest BCUT2D eigenvalue weighted by Crippen LogP contribution is 2.59. The van der Waals surface area contributed by atoms with E-state index in [4.69, 9.17) is 16.3 Å². The second-order valence-electron chi connectivity index (χ2n) is 11.1. The van der Waals surface area contributed by atoms with Gasteiger partial charge in [0.1, 0.15) is 11.0 Å². The molecule has 1 atom stereocenters. The van der Waals surface area contributed by atoms with Crippen LogP contribution in [0.2, 0.25) is 5.15 Å². The van der Waals surface area contributed by atoms with Gasteiger partial charge in [-0.25, -0.2) is 19.4 Å². The average Bonchev–Trinajstić information content (AvgIpc) is 3.43. The molecule has 1 amide bonds. The first kappa shape index (κ1) is 30.0. The van der Waals surface area contributed by atoms with E-state index < -0.39 is 27.5 Å². The maximum absolute atomic E-state index is 13.1. The first-order valence-corrected chi connectivity index (χ1v) is 15.0. The number of nitrogens with zero attached hydrogens (tertiary/aromatic N) is 4. The molecule has 0 radical (unpaired) electrons. The largest absolute Gasteiger partial charge is 0.477 e. The highest BCUT2D eigenvalue weighted by Gasteiger charge is 2.62. The van der Waals surface area contributed by atoms with E-state index >= 15 is 0 Å². The van der Waals surface area contributed by atoms with Gasteiger partial charge in [-0.15, -0.1) is 5.10 Å². The van der Waals surface area contributed by atoms with Gasteiger partial charge in [0.15, 0.2) is 10.8 Å². The molecule has 0 aromatic carbocycles. The van der Waals surface area contributed by atoms with Gasteiger partial charge in [0.25, 0.3) is 15.9 Å². The first-order chi connectivity index (χ1) is 19.7. The lowest BCUT2D eigenvalue weighted by Crippen LogP contribution is -2.32. The van der Waals surface area contributed by atoms with Gasteiger partial charge >= 0.3 is 6.18 Å². The summed E-state index contributed by atoms with van der Waals surface area (Å²) in [5.74, 6) is -0.387. The number of nitrogens with one attached hydrogen (secondary N) is 3. The van der Waals surface area contributed by atoms with Crippen LogP contribution in [0.25, 0.3) is 5.82 Å². The highest BCUT2D eigenvalue weighted by atomic mass is 35.5. The maximum atomic E-state index is 13.1. The van der Waals surface area contributed by atoms with Gasteiger partial charge in [0, 0.05) is 30.4 Å². The molecule has 1 unspecified atom stereocenters. The monoisotopic (exact) mass is 627 g/mol. The molecule has 5 rings (SSSR count). The second kappa shape index (κ2) is 11.0. The van der Waals surface area contributed by atoms with Gasteiger partial charge in [-0.2, -0.15) is 21.6 Å². The molecular weight excluding hydrogens is 599 g/mol. The number of alkyl halides is 3. The summed E-state index contributed by atoms with van der Waals surface area (Å²) in [5, 5.41) is 10.1. The lowest BCUT2D eigenvalue weighted by atomic mass is 10.0. The van der Waals surface area contributed by atoms with Crippen LogP contribution in [0.4, 0.5) is 19.0 Å². The van der Waals surface area contributed by atoms with Crippen LogP contribution in [0.3, 0.4) is 0 Å². The standard InChI is InChI=1S/C26H29ClF3N7O4S/c1-24(2)14-16(15-31-24)32-18-4-3-5-21(33-18)42(39,40)36-23(38)17-6-7-19(34-22(17)27)37-12-8-20(35-37)41-13-11-25(9-10-25)26(28,29)30/h3-8,12,16,31H,9-11,13-15H2,1-2H3,(H,32,33)(H,36,38). The number of sulfonamides is 1. The Labute approximate surface area is 245 Å². The summed E-state index contributed by atoms with van der Waals surface area (Å²) in [6.07, 6.45) is -1.95. The molecule has 4 heterocycles. The number of halogens is 4. The number of hydrogen-bond donors (Lipinski definition) is 3. The molecule has 2 aliphatic rings. The molecule has 3 aromatic rings. The number of carbonyl (C=O) groups is 1. The normalized spacial score (nSPS) is 19.3. The smallest absolute Gasteiger partial charge is 0.394 e. The molecule has 1 saturated heterocycles. The lowest BCUT2D eigenvalue weighted by Gasteiger charge is -2.18. The van der Waals surface area contributed by atoms with Gasteiger partial charge in [-0.3, -0.25) is 4.79 Å². The molecule has 3 N–H and O–H groups in total. The van der Waals surface area contributed by atoms with Crippen LogP contribution in [0, 0.1) is 5.41 Å². The zero-order valence-corrected chi connectivity index (χ0v) is 24.3. The summed E-state index contributed by atoms with van der Waals surface area (Å²) >= 11 is 6.21. The van der Waals surface area contributed by atoms with Crippen LogP contribution in [0.1, 0.15) is 49.9 Å². The van der Waals surface area contributed by atoms with Crippen molar-refractivity contribution in [2.75, 3.05) is 18.5 Å². The van der Waals surface area contributed by atoms with Crippen molar-refractivity contribution >= 4 is 33.3 Å².